The summed E-state index contributed by atoms with van der Waals surface area (Å²) >= 11 is 5.90. The van der Waals surface area contributed by atoms with Crippen molar-refractivity contribution in [2.45, 2.75) is 38.1 Å². The highest BCUT2D eigenvalue weighted by Crippen LogP contribution is 2.20. The summed E-state index contributed by atoms with van der Waals surface area (Å²) in [7, 11) is 0. The molecule has 2 aliphatic rings. The van der Waals surface area contributed by atoms with Crippen molar-refractivity contribution in [3.63, 3.8) is 0 Å². The summed E-state index contributed by atoms with van der Waals surface area (Å²) in [5.41, 5.74) is 1.04. The Hall–Kier alpha value is -1.18. The van der Waals surface area contributed by atoms with Crippen LogP contribution in [0, 0.1) is 0 Å². The minimum absolute atomic E-state index is 0.0993. The smallest absolute Gasteiger partial charge is 0.251 e. The highest BCUT2D eigenvalue weighted by Gasteiger charge is 2.30. The van der Waals surface area contributed by atoms with Crippen LogP contribution in [0.4, 0.5) is 0 Å². The summed E-state index contributed by atoms with van der Waals surface area (Å²) in [6.45, 7) is 6.39. The molecule has 2 aliphatic heterocycles. The van der Waals surface area contributed by atoms with Gasteiger partial charge in [0.2, 0.25) is 0 Å². The van der Waals surface area contributed by atoms with Crippen molar-refractivity contribution >= 4 is 17.5 Å². The highest BCUT2D eigenvalue weighted by molar-refractivity contribution is 6.30. The molecule has 3 unspecified atom stereocenters. The van der Waals surface area contributed by atoms with Crippen LogP contribution in [0.2, 0.25) is 5.02 Å². The molecule has 150 valence electrons. The van der Waals surface area contributed by atoms with E-state index in [1.54, 1.807) is 0 Å². The quantitative estimate of drug-likeness (QED) is 0.764. The molecule has 2 fully saturated rings. The van der Waals surface area contributed by atoms with E-state index < -0.39 is 6.10 Å². The normalized spacial score (nSPS) is 23.4. The van der Waals surface area contributed by atoms with Crippen molar-refractivity contribution in [1.82, 2.24) is 9.80 Å². The number of hydrogen-bond donors (Lipinski definition) is 1. The van der Waals surface area contributed by atoms with E-state index in [1.807, 2.05) is 36.1 Å². The van der Waals surface area contributed by atoms with Crippen LogP contribution in [0.15, 0.2) is 24.3 Å². The van der Waals surface area contributed by atoms with Gasteiger partial charge in [0, 0.05) is 44.4 Å². The van der Waals surface area contributed by atoms with Crippen LogP contribution >= 0.6 is 11.6 Å². The molecule has 2 saturated heterocycles. The van der Waals surface area contributed by atoms with Crippen LogP contribution in [-0.4, -0.2) is 79.0 Å². The molecular weight excluding hydrogens is 368 g/mol. The van der Waals surface area contributed by atoms with Crippen molar-refractivity contribution in [2.24, 2.45) is 0 Å². The number of amides is 1. The average molecular weight is 397 g/mol. The van der Waals surface area contributed by atoms with Crippen molar-refractivity contribution in [3.8, 4) is 0 Å². The molecule has 3 rings (SSSR count). The molecule has 2 heterocycles. The molecule has 1 N–H and O–H groups in total. The Bertz CT molecular complexity index is 599. The lowest BCUT2D eigenvalue weighted by atomic mass is 10.1. The Morgan fingerprint density at radius 1 is 1.30 bits per heavy atom. The van der Waals surface area contributed by atoms with Crippen LogP contribution in [0.5, 0.6) is 0 Å². The minimum atomic E-state index is -0.555. The van der Waals surface area contributed by atoms with E-state index in [4.69, 9.17) is 21.1 Å². The van der Waals surface area contributed by atoms with Gasteiger partial charge in [-0.1, -0.05) is 23.7 Å². The maximum absolute atomic E-state index is 12.4. The van der Waals surface area contributed by atoms with E-state index in [9.17, 15) is 9.90 Å². The Labute approximate surface area is 166 Å². The van der Waals surface area contributed by atoms with Gasteiger partial charge >= 0.3 is 0 Å². The molecule has 27 heavy (non-hydrogen) atoms. The fourth-order valence-electron chi connectivity index (χ4n) is 3.56. The predicted octanol–water partition coefficient (Wildman–Crippen LogP) is 2.10. The van der Waals surface area contributed by atoms with Crippen LogP contribution in [-0.2, 0) is 14.3 Å². The van der Waals surface area contributed by atoms with Crippen LogP contribution in [0.1, 0.15) is 31.4 Å². The molecule has 0 radical (unpaired) electrons. The molecule has 3 atom stereocenters. The molecule has 0 aromatic heterocycles. The topological polar surface area (TPSA) is 62.2 Å². The molecule has 0 bridgehead atoms. The number of carbonyl (C=O) groups is 1. The van der Waals surface area contributed by atoms with Crippen LogP contribution in [0.3, 0.4) is 0 Å². The van der Waals surface area contributed by atoms with Gasteiger partial charge in [-0.05, 0) is 37.5 Å². The summed E-state index contributed by atoms with van der Waals surface area (Å²) in [5, 5.41) is 11.0. The first-order valence-electron chi connectivity index (χ1n) is 9.71. The number of β-amino-alcohol motifs (C(OH)–C–C–N with tert-alkyl or cyclic N) is 1. The molecule has 0 spiro atoms. The van der Waals surface area contributed by atoms with Crippen LogP contribution in [0.25, 0.3) is 0 Å². The van der Waals surface area contributed by atoms with E-state index in [0.717, 1.165) is 31.5 Å². The van der Waals surface area contributed by atoms with Gasteiger partial charge in [-0.25, -0.2) is 0 Å². The Morgan fingerprint density at radius 3 is 2.63 bits per heavy atom. The first kappa shape index (κ1) is 20.6. The number of ether oxygens (including phenoxy) is 2. The first-order chi connectivity index (χ1) is 13.0. The van der Waals surface area contributed by atoms with E-state index >= 15 is 0 Å². The Kier molecular flexibility index (Phi) is 7.49. The number of aliphatic hydroxyl groups excluding tert-OH is 1. The first-order valence-corrected chi connectivity index (χ1v) is 10.1. The molecule has 6 nitrogen and oxygen atoms in total. The second kappa shape index (κ2) is 9.85. The third-order valence-corrected chi connectivity index (χ3v) is 5.49. The Morgan fingerprint density at radius 2 is 2.00 bits per heavy atom. The zero-order chi connectivity index (χ0) is 19.2. The van der Waals surface area contributed by atoms with Gasteiger partial charge in [0.15, 0.2) is 0 Å². The predicted molar refractivity (Wildman–Crippen MR) is 104 cm³/mol. The van der Waals surface area contributed by atoms with Crippen LogP contribution < -0.4 is 0 Å². The second-order valence-corrected chi connectivity index (χ2v) is 7.74. The largest absolute Gasteiger partial charge is 0.389 e. The molecule has 1 aromatic rings. The van der Waals surface area contributed by atoms with Crippen molar-refractivity contribution in [1.29, 1.82) is 0 Å². The molecule has 1 amide bonds. The fraction of sp³-hybridized carbons (Fsp3) is 0.650. The second-order valence-electron chi connectivity index (χ2n) is 7.31. The van der Waals surface area contributed by atoms with Gasteiger partial charge in [0.1, 0.15) is 6.10 Å². The summed E-state index contributed by atoms with van der Waals surface area (Å²) in [6, 6.07) is 7.54. The van der Waals surface area contributed by atoms with Gasteiger partial charge in [-0.3, -0.25) is 9.69 Å². The summed E-state index contributed by atoms with van der Waals surface area (Å²) in [5.74, 6) is 0.118. The number of carbonyl (C=O) groups excluding carboxylic acids is 1. The number of benzene rings is 1. The average Bonchev–Trinajstić information content (AvgIpc) is 3.21. The molecule has 7 heteroatoms. The maximum atomic E-state index is 12.4. The van der Waals surface area contributed by atoms with E-state index in [-0.39, 0.29) is 24.7 Å². The Balaban J connectivity index is 1.36. The summed E-state index contributed by atoms with van der Waals surface area (Å²) < 4.78 is 11.3. The van der Waals surface area contributed by atoms with Gasteiger partial charge in [0.05, 0.1) is 18.8 Å². The van der Waals surface area contributed by atoms with Crippen molar-refractivity contribution < 1.29 is 19.4 Å². The molecular formula is C20H29ClN2O4. The number of nitrogens with zero attached hydrogens (tertiary/aromatic N) is 2. The van der Waals surface area contributed by atoms with E-state index in [1.165, 1.54) is 0 Å². The lowest BCUT2D eigenvalue weighted by Crippen LogP contribution is -2.52. The van der Waals surface area contributed by atoms with Gasteiger partial charge < -0.3 is 19.5 Å². The maximum Gasteiger partial charge on any atom is 0.251 e. The standard InChI is InChI=1S/C20H29ClN2O4/c1-15(16-4-6-17(21)7-5-16)27-14-18(24)13-22-8-10-23(11-9-22)20(25)19-3-2-12-26-19/h4-7,15,18-19,24H,2-3,8-14H2,1H3. The van der Waals surface area contributed by atoms with Gasteiger partial charge in [-0.2, -0.15) is 0 Å². The van der Waals surface area contributed by atoms with Gasteiger partial charge in [-0.15, -0.1) is 0 Å². The summed E-state index contributed by atoms with van der Waals surface area (Å²) in [4.78, 5) is 16.4. The van der Waals surface area contributed by atoms with Gasteiger partial charge in [0.25, 0.3) is 5.91 Å². The number of hydrogen-bond acceptors (Lipinski definition) is 5. The number of rotatable bonds is 7. The summed E-state index contributed by atoms with van der Waals surface area (Å²) in [6.07, 6.45) is 0.903. The fourth-order valence-corrected chi connectivity index (χ4v) is 3.69. The minimum Gasteiger partial charge on any atom is -0.389 e. The lowest BCUT2D eigenvalue weighted by molar-refractivity contribution is -0.142. The molecule has 0 saturated carbocycles. The SMILES string of the molecule is CC(OCC(O)CN1CCN(C(=O)C2CCCO2)CC1)c1ccc(Cl)cc1. The van der Waals surface area contributed by atoms with E-state index in [0.29, 0.717) is 31.3 Å². The number of piperazine rings is 1. The van der Waals surface area contributed by atoms with Crippen molar-refractivity contribution in [2.75, 3.05) is 45.9 Å². The zero-order valence-corrected chi connectivity index (χ0v) is 16.6. The number of halogens is 1. The zero-order valence-electron chi connectivity index (χ0n) is 15.8. The third-order valence-electron chi connectivity index (χ3n) is 5.24. The lowest BCUT2D eigenvalue weighted by Gasteiger charge is -2.36. The number of aliphatic hydroxyl groups is 1. The molecule has 0 aliphatic carbocycles. The highest BCUT2D eigenvalue weighted by atomic mass is 35.5. The van der Waals surface area contributed by atoms with E-state index in [2.05, 4.69) is 4.90 Å². The monoisotopic (exact) mass is 396 g/mol. The van der Waals surface area contributed by atoms with Crippen molar-refractivity contribution in [3.05, 3.63) is 34.9 Å². The third kappa shape index (κ3) is 5.90. The molecule has 1 aromatic carbocycles.